The average Bonchev–Trinajstić information content (AvgIpc) is 2.97. The van der Waals surface area contributed by atoms with Gasteiger partial charge in [-0.1, -0.05) is 23.4 Å². The van der Waals surface area contributed by atoms with E-state index in [-0.39, 0.29) is 13.0 Å². The predicted octanol–water partition coefficient (Wildman–Crippen LogP) is 2.50. The second kappa shape index (κ2) is 8.71. The third-order valence-corrected chi connectivity index (χ3v) is 3.13. The Morgan fingerprint density at radius 3 is 2.79 bits per heavy atom. The minimum atomic E-state index is -0.466. The Bertz CT molecular complexity index is 696. The van der Waals surface area contributed by atoms with E-state index >= 15 is 0 Å². The highest BCUT2D eigenvalue weighted by molar-refractivity contribution is 5.91. The molecule has 0 aliphatic heterocycles. The van der Waals surface area contributed by atoms with Crippen LogP contribution in [0.25, 0.3) is 0 Å². The molecule has 7 nitrogen and oxygen atoms in total. The van der Waals surface area contributed by atoms with Crippen LogP contribution in [0.5, 0.6) is 5.75 Å². The highest BCUT2D eigenvalue weighted by Gasteiger charge is 2.11. The van der Waals surface area contributed by atoms with Crippen LogP contribution in [0.2, 0.25) is 0 Å². The summed E-state index contributed by atoms with van der Waals surface area (Å²) in [4.78, 5) is 23.4. The number of benzene rings is 1. The van der Waals surface area contributed by atoms with Gasteiger partial charge in [-0.3, -0.25) is 9.59 Å². The minimum absolute atomic E-state index is 0.167. The fourth-order valence-electron chi connectivity index (χ4n) is 2.07. The standard InChI is InChI=1S/C17H20N2O5/c1-3-22-14-7-5-4-6-13(14)8-9-17(21)23-11-16(20)18-15-10-12(2)24-19-15/h4-7,10H,3,8-9,11H2,1-2H3,(H,18,19,20). The van der Waals surface area contributed by atoms with Crippen LogP contribution in [-0.4, -0.2) is 30.2 Å². The third kappa shape index (κ3) is 5.42. The predicted molar refractivity (Wildman–Crippen MR) is 86.8 cm³/mol. The van der Waals surface area contributed by atoms with Gasteiger partial charge in [0.2, 0.25) is 0 Å². The fourth-order valence-corrected chi connectivity index (χ4v) is 2.07. The summed E-state index contributed by atoms with van der Waals surface area (Å²) in [7, 11) is 0. The maximum Gasteiger partial charge on any atom is 0.306 e. The van der Waals surface area contributed by atoms with E-state index in [1.165, 1.54) is 0 Å². The van der Waals surface area contributed by atoms with Gasteiger partial charge in [0.25, 0.3) is 5.91 Å². The van der Waals surface area contributed by atoms with Crippen molar-refractivity contribution in [1.82, 2.24) is 5.16 Å². The first-order valence-electron chi connectivity index (χ1n) is 7.68. The first kappa shape index (κ1) is 17.5. The van der Waals surface area contributed by atoms with Gasteiger partial charge in [0, 0.05) is 12.5 Å². The number of aromatic nitrogens is 1. The molecule has 2 rings (SSSR count). The van der Waals surface area contributed by atoms with Crippen molar-refractivity contribution in [3.05, 3.63) is 41.7 Å². The van der Waals surface area contributed by atoms with E-state index in [9.17, 15) is 9.59 Å². The molecule has 0 aliphatic carbocycles. The van der Waals surface area contributed by atoms with Crippen LogP contribution in [0.15, 0.2) is 34.9 Å². The van der Waals surface area contributed by atoms with E-state index in [2.05, 4.69) is 10.5 Å². The Morgan fingerprint density at radius 1 is 1.29 bits per heavy atom. The summed E-state index contributed by atoms with van der Waals surface area (Å²) >= 11 is 0. The molecule has 128 valence electrons. The molecule has 0 aliphatic rings. The first-order chi connectivity index (χ1) is 11.6. The van der Waals surface area contributed by atoms with Crippen molar-refractivity contribution in [2.24, 2.45) is 0 Å². The molecule has 1 aromatic carbocycles. The number of rotatable bonds is 8. The molecule has 1 N–H and O–H groups in total. The van der Waals surface area contributed by atoms with Crippen molar-refractivity contribution in [2.75, 3.05) is 18.5 Å². The molecule has 1 heterocycles. The number of nitrogens with one attached hydrogen (secondary N) is 1. The largest absolute Gasteiger partial charge is 0.494 e. The number of hydrogen-bond donors (Lipinski definition) is 1. The molecule has 2 aromatic rings. The number of para-hydroxylation sites is 1. The van der Waals surface area contributed by atoms with E-state index in [1.54, 1.807) is 13.0 Å². The summed E-state index contributed by atoms with van der Waals surface area (Å²) in [6, 6.07) is 9.10. The van der Waals surface area contributed by atoms with Crippen LogP contribution in [0.4, 0.5) is 5.82 Å². The Labute approximate surface area is 139 Å². The van der Waals surface area contributed by atoms with Gasteiger partial charge >= 0.3 is 5.97 Å². The van der Waals surface area contributed by atoms with Gasteiger partial charge in [-0.25, -0.2) is 0 Å². The molecule has 0 fully saturated rings. The molecule has 0 saturated heterocycles. The summed E-state index contributed by atoms with van der Waals surface area (Å²) in [5.41, 5.74) is 0.929. The molecule has 0 spiro atoms. The second-order valence-corrected chi connectivity index (χ2v) is 5.07. The van der Waals surface area contributed by atoms with Gasteiger partial charge in [-0.15, -0.1) is 0 Å². The zero-order valence-electron chi connectivity index (χ0n) is 13.7. The molecule has 0 radical (unpaired) electrons. The number of anilines is 1. The lowest BCUT2D eigenvalue weighted by Gasteiger charge is -2.09. The van der Waals surface area contributed by atoms with Crippen LogP contribution in [0, 0.1) is 6.92 Å². The lowest BCUT2D eigenvalue weighted by atomic mass is 10.1. The van der Waals surface area contributed by atoms with Crippen LogP contribution in [0.3, 0.4) is 0 Å². The highest BCUT2D eigenvalue weighted by atomic mass is 16.5. The van der Waals surface area contributed by atoms with Gasteiger partial charge < -0.3 is 19.3 Å². The van der Waals surface area contributed by atoms with Gasteiger partial charge in [-0.2, -0.15) is 0 Å². The number of ether oxygens (including phenoxy) is 2. The van der Waals surface area contributed by atoms with E-state index in [0.29, 0.717) is 24.6 Å². The number of esters is 1. The Hall–Kier alpha value is -2.83. The number of amides is 1. The van der Waals surface area contributed by atoms with Crippen LogP contribution in [0.1, 0.15) is 24.7 Å². The SMILES string of the molecule is CCOc1ccccc1CCC(=O)OCC(=O)Nc1cc(C)on1. The summed E-state index contributed by atoms with van der Waals surface area (Å²) in [6.07, 6.45) is 0.652. The van der Waals surface area contributed by atoms with Crippen molar-refractivity contribution < 1.29 is 23.6 Å². The van der Waals surface area contributed by atoms with Crippen LogP contribution < -0.4 is 10.1 Å². The maximum absolute atomic E-state index is 11.8. The molecule has 0 unspecified atom stereocenters. The van der Waals surface area contributed by atoms with E-state index in [0.717, 1.165) is 11.3 Å². The molecule has 1 aromatic heterocycles. The molecule has 0 saturated carbocycles. The normalized spacial score (nSPS) is 10.2. The third-order valence-electron chi connectivity index (χ3n) is 3.13. The maximum atomic E-state index is 11.8. The van der Waals surface area contributed by atoms with Crippen molar-refractivity contribution >= 4 is 17.7 Å². The number of hydrogen-bond acceptors (Lipinski definition) is 6. The lowest BCUT2D eigenvalue weighted by Crippen LogP contribution is -2.21. The smallest absolute Gasteiger partial charge is 0.306 e. The number of carbonyl (C=O) groups excluding carboxylic acids is 2. The molecule has 24 heavy (non-hydrogen) atoms. The van der Waals surface area contributed by atoms with Gasteiger partial charge in [0.1, 0.15) is 11.5 Å². The Kier molecular flexibility index (Phi) is 6.36. The van der Waals surface area contributed by atoms with E-state index < -0.39 is 11.9 Å². The molecule has 0 atom stereocenters. The molecule has 1 amide bonds. The zero-order chi connectivity index (χ0) is 17.4. The van der Waals surface area contributed by atoms with Crippen molar-refractivity contribution in [3.63, 3.8) is 0 Å². The van der Waals surface area contributed by atoms with E-state index in [4.69, 9.17) is 14.0 Å². The number of carbonyl (C=O) groups is 2. The van der Waals surface area contributed by atoms with Crippen molar-refractivity contribution in [2.45, 2.75) is 26.7 Å². The zero-order valence-corrected chi connectivity index (χ0v) is 13.7. The number of aryl methyl sites for hydroxylation is 2. The summed E-state index contributed by atoms with van der Waals surface area (Å²) in [6.45, 7) is 3.81. The van der Waals surface area contributed by atoms with Crippen LogP contribution >= 0.6 is 0 Å². The topological polar surface area (TPSA) is 90.7 Å². The second-order valence-electron chi connectivity index (χ2n) is 5.07. The van der Waals surface area contributed by atoms with Gasteiger partial charge in [0.05, 0.1) is 6.61 Å². The lowest BCUT2D eigenvalue weighted by molar-refractivity contribution is -0.147. The van der Waals surface area contributed by atoms with E-state index in [1.807, 2.05) is 31.2 Å². The summed E-state index contributed by atoms with van der Waals surface area (Å²) in [5.74, 6) is 0.709. The van der Waals surface area contributed by atoms with Crippen molar-refractivity contribution in [1.29, 1.82) is 0 Å². The fraction of sp³-hybridized carbons (Fsp3) is 0.353. The molecular formula is C17H20N2O5. The molecular weight excluding hydrogens is 312 g/mol. The summed E-state index contributed by atoms with van der Waals surface area (Å²) in [5, 5.41) is 6.10. The Morgan fingerprint density at radius 2 is 2.08 bits per heavy atom. The molecule has 0 bridgehead atoms. The van der Waals surface area contributed by atoms with Crippen LogP contribution in [-0.2, 0) is 20.7 Å². The molecule has 7 heteroatoms. The van der Waals surface area contributed by atoms with Gasteiger partial charge in [-0.05, 0) is 31.9 Å². The monoisotopic (exact) mass is 332 g/mol. The van der Waals surface area contributed by atoms with Gasteiger partial charge in [0.15, 0.2) is 12.4 Å². The summed E-state index contributed by atoms with van der Waals surface area (Å²) < 4.78 is 15.3. The average molecular weight is 332 g/mol. The quantitative estimate of drug-likeness (QED) is 0.747. The first-order valence-corrected chi connectivity index (χ1v) is 7.68. The van der Waals surface area contributed by atoms with Crippen molar-refractivity contribution in [3.8, 4) is 5.75 Å². The Balaban J connectivity index is 1.74. The minimum Gasteiger partial charge on any atom is -0.494 e. The number of nitrogens with zero attached hydrogens (tertiary/aromatic N) is 1. The highest BCUT2D eigenvalue weighted by Crippen LogP contribution is 2.19.